The first-order chi connectivity index (χ1) is 7.81. The summed E-state index contributed by atoms with van der Waals surface area (Å²) >= 11 is 6.00. The molecule has 2 rings (SSSR count). The van der Waals surface area contributed by atoms with Crippen LogP contribution in [0.4, 0.5) is 5.69 Å². The summed E-state index contributed by atoms with van der Waals surface area (Å²) in [6, 6.07) is 7.74. The van der Waals surface area contributed by atoms with Crippen molar-refractivity contribution in [3.05, 3.63) is 28.8 Å². The molecule has 0 N–H and O–H groups in total. The van der Waals surface area contributed by atoms with E-state index in [0.29, 0.717) is 5.02 Å². The second-order valence-corrected chi connectivity index (χ2v) is 4.61. The SMILES string of the molecule is N#Cc1ccc(Cl)cc1N1CCCCCC1. The minimum absolute atomic E-state index is 0.707. The molecule has 1 aromatic carbocycles. The normalized spacial score (nSPS) is 16.6. The first kappa shape index (κ1) is 11.3. The Morgan fingerprint density at radius 2 is 1.81 bits per heavy atom. The van der Waals surface area contributed by atoms with Gasteiger partial charge in [0.15, 0.2) is 0 Å². The number of rotatable bonds is 1. The van der Waals surface area contributed by atoms with Crippen molar-refractivity contribution in [1.29, 1.82) is 5.26 Å². The predicted octanol–water partition coefficient (Wildman–Crippen LogP) is 3.59. The first-order valence-electron chi connectivity index (χ1n) is 5.76. The largest absolute Gasteiger partial charge is 0.370 e. The first-order valence-corrected chi connectivity index (χ1v) is 6.13. The topological polar surface area (TPSA) is 27.0 Å². The van der Waals surface area contributed by atoms with Crippen LogP contribution in [0.15, 0.2) is 18.2 Å². The number of benzene rings is 1. The smallest absolute Gasteiger partial charge is 0.101 e. The molecule has 84 valence electrons. The van der Waals surface area contributed by atoms with E-state index in [1.54, 1.807) is 6.07 Å². The number of anilines is 1. The van der Waals surface area contributed by atoms with Crippen LogP contribution >= 0.6 is 11.6 Å². The van der Waals surface area contributed by atoms with Crippen LogP contribution < -0.4 is 4.90 Å². The van der Waals surface area contributed by atoms with Crippen LogP contribution in [0, 0.1) is 11.3 Å². The minimum atomic E-state index is 0.707. The summed E-state index contributed by atoms with van der Waals surface area (Å²) in [6.45, 7) is 2.07. The third-order valence-corrected chi connectivity index (χ3v) is 3.26. The van der Waals surface area contributed by atoms with Crippen LogP contribution in [0.3, 0.4) is 0 Å². The molecule has 2 nitrogen and oxygen atoms in total. The molecule has 1 aliphatic rings. The minimum Gasteiger partial charge on any atom is -0.370 e. The zero-order valence-electron chi connectivity index (χ0n) is 9.25. The molecule has 0 aromatic heterocycles. The van der Waals surface area contributed by atoms with Crippen molar-refractivity contribution in [2.45, 2.75) is 25.7 Å². The van der Waals surface area contributed by atoms with Crippen LogP contribution in [0.2, 0.25) is 5.02 Å². The van der Waals surface area contributed by atoms with E-state index in [-0.39, 0.29) is 0 Å². The zero-order valence-corrected chi connectivity index (χ0v) is 10.0. The van der Waals surface area contributed by atoms with Crippen molar-refractivity contribution in [3.8, 4) is 6.07 Å². The Morgan fingerprint density at radius 3 is 2.44 bits per heavy atom. The van der Waals surface area contributed by atoms with Gasteiger partial charge in [-0.15, -0.1) is 0 Å². The lowest BCUT2D eigenvalue weighted by Crippen LogP contribution is -2.24. The van der Waals surface area contributed by atoms with Gasteiger partial charge in [-0.2, -0.15) is 5.26 Å². The van der Waals surface area contributed by atoms with E-state index in [0.717, 1.165) is 24.3 Å². The van der Waals surface area contributed by atoms with Crippen molar-refractivity contribution in [1.82, 2.24) is 0 Å². The molecule has 0 amide bonds. The van der Waals surface area contributed by atoms with Crippen LogP contribution in [0.25, 0.3) is 0 Å². The van der Waals surface area contributed by atoms with Gasteiger partial charge in [0.2, 0.25) is 0 Å². The fourth-order valence-electron chi connectivity index (χ4n) is 2.17. The molecule has 0 unspecified atom stereocenters. The summed E-state index contributed by atoms with van der Waals surface area (Å²) in [4.78, 5) is 2.29. The summed E-state index contributed by atoms with van der Waals surface area (Å²) in [5, 5.41) is 9.80. The predicted molar refractivity (Wildman–Crippen MR) is 66.8 cm³/mol. The highest BCUT2D eigenvalue weighted by atomic mass is 35.5. The van der Waals surface area contributed by atoms with E-state index in [1.807, 2.05) is 12.1 Å². The molecule has 3 heteroatoms. The van der Waals surface area contributed by atoms with E-state index < -0.39 is 0 Å². The van der Waals surface area contributed by atoms with Crippen LogP contribution in [0.5, 0.6) is 0 Å². The van der Waals surface area contributed by atoms with Gasteiger partial charge in [-0.3, -0.25) is 0 Å². The van der Waals surface area contributed by atoms with Gasteiger partial charge in [-0.05, 0) is 31.0 Å². The number of halogens is 1. The molecule has 0 saturated carbocycles. The molecule has 16 heavy (non-hydrogen) atoms. The van der Waals surface area contributed by atoms with E-state index >= 15 is 0 Å². The van der Waals surface area contributed by atoms with Crippen molar-refractivity contribution < 1.29 is 0 Å². The lowest BCUT2D eigenvalue weighted by Gasteiger charge is -2.23. The highest BCUT2D eigenvalue weighted by Crippen LogP contribution is 2.26. The zero-order chi connectivity index (χ0) is 11.4. The van der Waals surface area contributed by atoms with E-state index in [9.17, 15) is 0 Å². The Labute approximate surface area is 101 Å². The highest BCUT2D eigenvalue weighted by molar-refractivity contribution is 6.30. The number of hydrogen-bond acceptors (Lipinski definition) is 2. The van der Waals surface area contributed by atoms with Gasteiger partial charge in [-0.25, -0.2) is 0 Å². The number of nitrogens with zero attached hydrogens (tertiary/aromatic N) is 2. The summed E-state index contributed by atoms with van der Waals surface area (Å²) in [6.07, 6.45) is 4.99. The highest BCUT2D eigenvalue weighted by Gasteiger charge is 2.13. The molecule has 0 radical (unpaired) electrons. The maximum absolute atomic E-state index is 9.09. The van der Waals surface area contributed by atoms with Gasteiger partial charge in [0, 0.05) is 18.1 Å². The van der Waals surface area contributed by atoms with Crippen LogP contribution in [-0.2, 0) is 0 Å². The molecule has 1 aromatic rings. The van der Waals surface area contributed by atoms with Crippen molar-refractivity contribution in [2.24, 2.45) is 0 Å². The average Bonchev–Trinajstić information content (AvgIpc) is 2.57. The fraction of sp³-hybridized carbons (Fsp3) is 0.462. The molecule has 1 fully saturated rings. The van der Waals surface area contributed by atoms with Gasteiger partial charge in [0.05, 0.1) is 11.3 Å². The lowest BCUT2D eigenvalue weighted by molar-refractivity contribution is 0.726. The van der Waals surface area contributed by atoms with Gasteiger partial charge in [0.25, 0.3) is 0 Å². The fourth-order valence-corrected chi connectivity index (χ4v) is 2.34. The van der Waals surface area contributed by atoms with Crippen molar-refractivity contribution in [3.63, 3.8) is 0 Å². The Bertz CT molecular complexity index is 401. The van der Waals surface area contributed by atoms with Gasteiger partial charge < -0.3 is 4.90 Å². The van der Waals surface area contributed by atoms with Crippen molar-refractivity contribution in [2.75, 3.05) is 18.0 Å². The molecule has 0 aliphatic carbocycles. The standard InChI is InChI=1S/C13H15ClN2/c14-12-6-5-11(10-15)13(9-12)16-7-3-1-2-4-8-16/h5-6,9H,1-4,7-8H2. The van der Waals surface area contributed by atoms with Gasteiger partial charge in [-0.1, -0.05) is 24.4 Å². The molecule has 0 bridgehead atoms. The maximum Gasteiger partial charge on any atom is 0.101 e. The van der Waals surface area contributed by atoms with E-state index in [4.69, 9.17) is 16.9 Å². The van der Waals surface area contributed by atoms with Gasteiger partial charge in [0.1, 0.15) is 6.07 Å². The molecule has 1 heterocycles. The monoisotopic (exact) mass is 234 g/mol. The van der Waals surface area contributed by atoms with Crippen LogP contribution in [0.1, 0.15) is 31.2 Å². The maximum atomic E-state index is 9.09. The van der Waals surface area contributed by atoms with E-state index in [1.165, 1.54) is 25.7 Å². The summed E-state index contributed by atoms with van der Waals surface area (Å²) < 4.78 is 0. The molecule has 1 aliphatic heterocycles. The Kier molecular flexibility index (Phi) is 3.69. The molecule has 0 atom stereocenters. The van der Waals surface area contributed by atoms with Crippen molar-refractivity contribution >= 4 is 17.3 Å². The Balaban J connectivity index is 2.30. The third kappa shape index (κ3) is 2.48. The molecule has 1 saturated heterocycles. The summed E-state index contributed by atoms with van der Waals surface area (Å²) in [5.41, 5.74) is 1.73. The molecule has 0 spiro atoms. The quantitative estimate of drug-likeness (QED) is 0.743. The number of nitriles is 1. The van der Waals surface area contributed by atoms with Crippen LogP contribution in [-0.4, -0.2) is 13.1 Å². The van der Waals surface area contributed by atoms with Gasteiger partial charge >= 0.3 is 0 Å². The second kappa shape index (κ2) is 5.23. The summed E-state index contributed by atoms with van der Waals surface area (Å²) in [7, 11) is 0. The second-order valence-electron chi connectivity index (χ2n) is 4.17. The third-order valence-electron chi connectivity index (χ3n) is 3.03. The molecular weight excluding hydrogens is 220 g/mol. The lowest BCUT2D eigenvalue weighted by atomic mass is 10.1. The average molecular weight is 235 g/mol. The Hall–Kier alpha value is -1.20. The molecular formula is C13H15ClN2. The number of hydrogen-bond donors (Lipinski definition) is 0. The summed E-state index contributed by atoms with van der Waals surface area (Å²) in [5.74, 6) is 0. The van der Waals surface area contributed by atoms with E-state index in [2.05, 4.69) is 11.0 Å². The Morgan fingerprint density at radius 1 is 1.12 bits per heavy atom.